The molecule has 0 aromatic heterocycles. The van der Waals surface area contributed by atoms with Crippen molar-refractivity contribution in [1.29, 1.82) is 0 Å². The minimum atomic E-state index is -0.579. The molecule has 0 saturated heterocycles. The third-order valence-electron chi connectivity index (χ3n) is 3.10. The summed E-state index contributed by atoms with van der Waals surface area (Å²) in [4.78, 5) is 33.4. The number of thiocarbonyl (C=S) groups is 1. The maximum absolute atomic E-state index is 12.1. The Morgan fingerprint density at radius 3 is 2.33 bits per heavy atom. The van der Waals surface area contributed by atoms with Crippen LogP contribution in [0.4, 0.5) is 11.4 Å². The molecule has 0 saturated carbocycles. The number of carbonyl (C=O) groups excluding carboxylic acids is 2. The highest BCUT2D eigenvalue weighted by atomic mass is 32.1. The van der Waals surface area contributed by atoms with E-state index >= 15 is 0 Å². The molecule has 0 unspecified atom stereocenters. The van der Waals surface area contributed by atoms with Gasteiger partial charge in [-0.25, -0.2) is 0 Å². The first kappa shape index (κ1) is 17.2. The summed E-state index contributed by atoms with van der Waals surface area (Å²) in [6.07, 6.45) is 0. The average molecular weight is 343 g/mol. The lowest BCUT2D eigenvalue weighted by atomic mass is 10.1. The Bertz CT molecular complexity index is 818. The number of nitro benzene ring substituents is 1. The molecule has 0 aliphatic heterocycles. The van der Waals surface area contributed by atoms with Crippen LogP contribution in [0.25, 0.3) is 0 Å². The minimum absolute atomic E-state index is 0.0436. The van der Waals surface area contributed by atoms with E-state index in [4.69, 9.17) is 12.2 Å². The van der Waals surface area contributed by atoms with Gasteiger partial charge in [0.1, 0.15) is 0 Å². The van der Waals surface area contributed by atoms with E-state index in [0.29, 0.717) is 11.3 Å². The fourth-order valence-corrected chi connectivity index (χ4v) is 2.10. The predicted octanol–water partition coefficient (Wildman–Crippen LogP) is 2.92. The van der Waals surface area contributed by atoms with Gasteiger partial charge < -0.3 is 5.32 Å². The van der Waals surface area contributed by atoms with Crippen molar-refractivity contribution >= 4 is 40.4 Å². The number of nitrogens with one attached hydrogen (secondary N) is 2. The van der Waals surface area contributed by atoms with Gasteiger partial charge in [0.05, 0.1) is 4.92 Å². The van der Waals surface area contributed by atoms with Gasteiger partial charge in [-0.3, -0.25) is 25.0 Å². The third kappa shape index (κ3) is 4.43. The first-order chi connectivity index (χ1) is 11.4. The SMILES string of the molecule is CC(=O)c1ccc(NC(=S)NC(=O)c2cccc([N+](=O)[O-])c2)cc1. The topological polar surface area (TPSA) is 101 Å². The number of non-ortho nitro benzene ring substituents is 1. The summed E-state index contributed by atoms with van der Waals surface area (Å²) in [6, 6.07) is 11.9. The number of hydrogen-bond acceptors (Lipinski definition) is 5. The second-order valence-corrected chi connectivity index (χ2v) is 5.26. The van der Waals surface area contributed by atoms with Crippen LogP contribution < -0.4 is 10.6 Å². The summed E-state index contributed by atoms with van der Waals surface area (Å²) in [6.45, 7) is 1.46. The molecular formula is C16H13N3O4S. The molecule has 0 fully saturated rings. The molecule has 2 N–H and O–H groups in total. The van der Waals surface area contributed by atoms with E-state index in [1.807, 2.05) is 0 Å². The lowest BCUT2D eigenvalue weighted by Crippen LogP contribution is -2.34. The monoisotopic (exact) mass is 343 g/mol. The average Bonchev–Trinajstić information content (AvgIpc) is 2.55. The second kappa shape index (κ2) is 7.42. The van der Waals surface area contributed by atoms with E-state index in [1.165, 1.54) is 31.2 Å². The molecule has 7 nitrogen and oxygen atoms in total. The van der Waals surface area contributed by atoms with Crippen molar-refractivity contribution in [2.24, 2.45) is 0 Å². The largest absolute Gasteiger partial charge is 0.332 e. The molecule has 122 valence electrons. The van der Waals surface area contributed by atoms with E-state index < -0.39 is 10.8 Å². The number of rotatable bonds is 4. The summed E-state index contributed by atoms with van der Waals surface area (Å²) < 4.78 is 0. The Morgan fingerprint density at radius 1 is 1.08 bits per heavy atom. The first-order valence-electron chi connectivity index (χ1n) is 6.84. The Kier molecular flexibility index (Phi) is 5.33. The Labute approximate surface area is 142 Å². The zero-order valence-corrected chi connectivity index (χ0v) is 13.4. The van der Waals surface area contributed by atoms with Crippen LogP contribution in [0.3, 0.4) is 0 Å². The lowest BCUT2D eigenvalue weighted by molar-refractivity contribution is -0.384. The van der Waals surface area contributed by atoms with Crippen molar-refractivity contribution in [3.05, 3.63) is 69.8 Å². The minimum Gasteiger partial charge on any atom is -0.332 e. The van der Waals surface area contributed by atoms with Crippen LogP contribution >= 0.6 is 12.2 Å². The molecule has 0 bridgehead atoms. The predicted molar refractivity (Wildman–Crippen MR) is 93.2 cm³/mol. The maximum Gasteiger partial charge on any atom is 0.270 e. The van der Waals surface area contributed by atoms with Crippen LogP contribution in [-0.2, 0) is 0 Å². The van der Waals surface area contributed by atoms with Crippen LogP contribution in [0.1, 0.15) is 27.6 Å². The van der Waals surface area contributed by atoms with Gasteiger partial charge in [-0.2, -0.15) is 0 Å². The van der Waals surface area contributed by atoms with E-state index in [2.05, 4.69) is 10.6 Å². The van der Waals surface area contributed by atoms with Gasteiger partial charge in [-0.1, -0.05) is 6.07 Å². The van der Waals surface area contributed by atoms with Crippen LogP contribution in [0.5, 0.6) is 0 Å². The molecule has 0 heterocycles. The van der Waals surface area contributed by atoms with Crippen LogP contribution in [-0.4, -0.2) is 21.7 Å². The van der Waals surface area contributed by atoms with Crippen molar-refractivity contribution in [1.82, 2.24) is 5.32 Å². The number of ketones is 1. The van der Waals surface area contributed by atoms with Crippen LogP contribution in [0.2, 0.25) is 0 Å². The number of Topliss-reactive ketones (excluding diaryl/α,β-unsaturated/α-hetero) is 1. The number of nitrogens with zero attached hydrogens (tertiary/aromatic N) is 1. The number of benzene rings is 2. The molecule has 1 amide bonds. The highest BCUT2D eigenvalue weighted by Gasteiger charge is 2.12. The van der Waals surface area contributed by atoms with Gasteiger partial charge in [-0.05, 0) is 49.5 Å². The number of amides is 1. The molecule has 0 aliphatic rings. The summed E-state index contributed by atoms with van der Waals surface area (Å²) >= 11 is 5.04. The van der Waals surface area contributed by atoms with Crippen molar-refractivity contribution in [3.63, 3.8) is 0 Å². The molecule has 0 aliphatic carbocycles. The molecule has 0 atom stereocenters. The molecular weight excluding hydrogens is 330 g/mol. The smallest absolute Gasteiger partial charge is 0.270 e. The summed E-state index contributed by atoms with van der Waals surface area (Å²) in [7, 11) is 0. The lowest BCUT2D eigenvalue weighted by Gasteiger charge is -2.10. The molecule has 24 heavy (non-hydrogen) atoms. The second-order valence-electron chi connectivity index (χ2n) is 4.85. The Balaban J connectivity index is 2.01. The van der Waals surface area contributed by atoms with E-state index in [9.17, 15) is 19.7 Å². The fraction of sp³-hybridized carbons (Fsp3) is 0.0625. The third-order valence-corrected chi connectivity index (χ3v) is 3.30. The van der Waals surface area contributed by atoms with Crippen molar-refractivity contribution in [2.45, 2.75) is 6.92 Å². The molecule has 2 aromatic rings. The van der Waals surface area contributed by atoms with Gasteiger partial charge >= 0.3 is 0 Å². The zero-order chi connectivity index (χ0) is 17.7. The standard InChI is InChI=1S/C16H13N3O4S/c1-10(20)11-5-7-13(8-6-11)17-16(24)18-15(21)12-3-2-4-14(9-12)19(22)23/h2-9H,1H3,(H2,17,18,21,24). The van der Waals surface area contributed by atoms with Crippen molar-refractivity contribution in [3.8, 4) is 0 Å². The highest BCUT2D eigenvalue weighted by molar-refractivity contribution is 7.80. The summed E-state index contributed by atoms with van der Waals surface area (Å²) in [5, 5.41) is 16.0. The Morgan fingerprint density at radius 2 is 1.75 bits per heavy atom. The van der Waals surface area contributed by atoms with Gasteiger partial charge in [0, 0.05) is 28.9 Å². The van der Waals surface area contributed by atoms with E-state index in [0.717, 1.165) is 0 Å². The number of hydrogen-bond donors (Lipinski definition) is 2. The summed E-state index contributed by atoms with van der Waals surface area (Å²) in [5.74, 6) is -0.611. The fourth-order valence-electron chi connectivity index (χ4n) is 1.89. The van der Waals surface area contributed by atoms with Crippen LogP contribution in [0, 0.1) is 10.1 Å². The molecule has 2 aromatic carbocycles. The van der Waals surface area contributed by atoms with Crippen LogP contribution in [0.15, 0.2) is 48.5 Å². The number of carbonyl (C=O) groups is 2. The molecule has 8 heteroatoms. The van der Waals surface area contributed by atoms with Crippen molar-refractivity contribution < 1.29 is 14.5 Å². The highest BCUT2D eigenvalue weighted by Crippen LogP contribution is 2.13. The van der Waals surface area contributed by atoms with Crippen molar-refractivity contribution in [2.75, 3.05) is 5.32 Å². The molecule has 2 rings (SSSR count). The van der Waals surface area contributed by atoms with E-state index in [1.54, 1.807) is 24.3 Å². The van der Waals surface area contributed by atoms with Gasteiger partial charge in [0.15, 0.2) is 10.9 Å². The summed E-state index contributed by atoms with van der Waals surface area (Å²) in [5.41, 5.74) is 1.11. The van der Waals surface area contributed by atoms with Gasteiger partial charge in [0.25, 0.3) is 11.6 Å². The normalized spacial score (nSPS) is 9.88. The van der Waals surface area contributed by atoms with Gasteiger partial charge in [-0.15, -0.1) is 0 Å². The zero-order valence-electron chi connectivity index (χ0n) is 12.6. The molecule has 0 spiro atoms. The first-order valence-corrected chi connectivity index (χ1v) is 7.25. The Hall–Kier alpha value is -3.13. The van der Waals surface area contributed by atoms with Gasteiger partial charge in [0.2, 0.25) is 0 Å². The maximum atomic E-state index is 12.1. The number of anilines is 1. The van der Waals surface area contributed by atoms with E-state index in [-0.39, 0.29) is 22.1 Å². The molecule has 0 radical (unpaired) electrons. The quantitative estimate of drug-likeness (QED) is 0.383. The number of nitro groups is 1.